The standard InChI is InChI=1S/C15H17N3O3/c1-2-8-18-9-7-13(17-18)16-14(19)10-11-5-3-4-6-12(11)15(20)21/h3-7,9H,2,8,10H2,1H3,(H,20,21)(H,16,17,19). The van der Waals surface area contributed by atoms with Crippen LogP contribution in [0.15, 0.2) is 36.5 Å². The first kappa shape index (κ1) is 14.8. The van der Waals surface area contributed by atoms with Gasteiger partial charge in [-0.05, 0) is 18.1 Å². The van der Waals surface area contributed by atoms with Crippen LogP contribution >= 0.6 is 0 Å². The number of rotatable bonds is 6. The molecule has 0 radical (unpaired) electrons. The Morgan fingerprint density at radius 1 is 1.29 bits per heavy atom. The summed E-state index contributed by atoms with van der Waals surface area (Å²) < 4.78 is 1.75. The van der Waals surface area contributed by atoms with Gasteiger partial charge in [0.25, 0.3) is 0 Å². The second kappa shape index (κ2) is 6.69. The lowest BCUT2D eigenvalue weighted by Crippen LogP contribution is -2.17. The molecule has 6 heteroatoms. The number of aromatic nitrogens is 2. The number of nitrogens with zero attached hydrogens (tertiary/aromatic N) is 2. The van der Waals surface area contributed by atoms with Crippen molar-refractivity contribution >= 4 is 17.7 Å². The molecule has 1 amide bonds. The molecule has 110 valence electrons. The first-order valence-corrected chi connectivity index (χ1v) is 6.74. The van der Waals surface area contributed by atoms with Crippen LogP contribution in [0.25, 0.3) is 0 Å². The van der Waals surface area contributed by atoms with Crippen molar-refractivity contribution in [1.82, 2.24) is 9.78 Å². The molecule has 1 aromatic heterocycles. The molecule has 0 atom stereocenters. The van der Waals surface area contributed by atoms with Crippen LogP contribution < -0.4 is 5.32 Å². The second-order valence-corrected chi connectivity index (χ2v) is 4.65. The molecule has 6 nitrogen and oxygen atoms in total. The average molecular weight is 287 g/mol. The van der Waals surface area contributed by atoms with Crippen LogP contribution in [0.1, 0.15) is 29.3 Å². The number of aromatic carboxylic acids is 1. The molecule has 0 unspecified atom stereocenters. The number of benzene rings is 1. The van der Waals surface area contributed by atoms with Crippen LogP contribution in [0.2, 0.25) is 0 Å². The topological polar surface area (TPSA) is 84.2 Å². The number of nitrogens with one attached hydrogen (secondary N) is 1. The van der Waals surface area contributed by atoms with Gasteiger partial charge in [0.2, 0.25) is 5.91 Å². The van der Waals surface area contributed by atoms with Gasteiger partial charge in [-0.3, -0.25) is 9.48 Å². The Kier molecular flexibility index (Phi) is 4.71. The minimum absolute atomic E-state index is 0.00309. The highest BCUT2D eigenvalue weighted by Gasteiger charge is 2.13. The monoisotopic (exact) mass is 287 g/mol. The van der Waals surface area contributed by atoms with Crippen molar-refractivity contribution < 1.29 is 14.7 Å². The van der Waals surface area contributed by atoms with E-state index in [0.29, 0.717) is 11.4 Å². The Balaban J connectivity index is 2.03. The number of aryl methyl sites for hydroxylation is 1. The molecule has 0 fully saturated rings. The number of carbonyl (C=O) groups excluding carboxylic acids is 1. The van der Waals surface area contributed by atoms with Gasteiger partial charge in [0.15, 0.2) is 5.82 Å². The van der Waals surface area contributed by atoms with E-state index < -0.39 is 5.97 Å². The Bertz CT molecular complexity index is 649. The van der Waals surface area contributed by atoms with E-state index in [-0.39, 0.29) is 17.9 Å². The molecule has 0 bridgehead atoms. The van der Waals surface area contributed by atoms with Crippen LogP contribution in [0.3, 0.4) is 0 Å². The Hall–Kier alpha value is -2.63. The molecule has 0 spiro atoms. The zero-order valence-electron chi connectivity index (χ0n) is 11.7. The zero-order chi connectivity index (χ0) is 15.2. The van der Waals surface area contributed by atoms with Gasteiger partial charge >= 0.3 is 5.97 Å². The van der Waals surface area contributed by atoms with E-state index >= 15 is 0 Å². The fourth-order valence-electron chi connectivity index (χ4n) is 2.03. The highest BCUT2D eigenvalue weighted by atomic mass is 16.4. The lowest BCUT2D eigenvalue weighted by molar-refractivity contribution is -0.115. The van der Waals surface area contributed by atoms with Crippen molar-refractivity contribution in [3.63, 3.8) is 0 Å². The minimum Gasteiger partial charge on any atom is -0.478 e. The van der Waals surface area contributed by atoms with Crippen LogP contribution in [0.5, 0.6) is 0 Å². The highest BCUT2D eigenvalue weighted by molar-refractivity contribution is 5.95. The maximum absolute atomic E-state index is 12.0. The number of carboxylic acids is 1. The van der Waals surface area contributed by atoms with Crippen LogP contribution in [-0.4, -0.2) is 26.8 Å². The lowest BCUT2D eigenvalue weighted by Gasteiger charge is -2.05. The molecule has 2 N–H and O–H groups in total. The normalized spacial score (nSPS) is 10.3. The summed E-state index contributed by atoms with van der Waals surface area (Å²) in [6.07, 6.45) is 2.76. The van der Waals surface area contributed by atoms with Gasteiger partial charge in [-0.15, -0.1) is 0 Å². The van der Waals surface area contributed by atoms with E-state index in [1.54, 1.807) is 35.1 Å². The second-order valence-electron chi connectivity index (χ2n) is 4.65. The van der Waals surface area contributed by atoms with Gasteiger partial charge in [-0.2, -0.15) is 5.10 Å². The molecule has 0 saturated carbocycles. The quantitative estimate of drug-likeness (QED) is 0.852. The Labute approximate surface area is 122 Å². The maximum Gasteiger partial charge on any atom is 0.335 e. The predicted octanol–water partition coefficient (Wildman–Crippen LogP) is 2.17. The van der Waals surface area contributed by atoms with Crippen LogP contribution in [0.4, 0.5) is 5.82 Å². The first-order valence-electron chi connectivity index (χ1n) is 6.74. The van der Waals surface area contributed by atoms with Crippen LogP contribution in [0, 0.1) is 0 Å². The SMILES string of the molecule is CCCn1ccc(NC(=O)Cc2ccccc2C(=O)O)n1. The Morgan fingerprint density at radius 2 is 2.05 bits per heavy atom. The largest absolute Gasteiger partial charge is 0.478 e. The van der Waals surface area contributed by atoms with E-state index in [2.05, 4.69) is 10.4 Å². The van der Waals surface area contributed by atoms with Crippen molar-refractivity contribution in [3.8, 4) is 0 Å². The third-order valence-electron chi connectivity index (χ3n) is 2.96. The van der Waals surface area contributed by atoms with E-state index in [4.69, 9.17) is 5.11 Å². The fourth-order valence-corrected chi connectivity index (χ4v) is 2.03. The van der Waals surface area contributed by atoms with E-state index in [1.807, 2.05) is 6.92 Å². The van der Waals surface area contributed by atoms with Gasteiger partial charge in [0.05, 0.1) is 12.0 Å². The fraction of sp³-hybridized carbons (Fsp3) is 0.267. The summed E-state index contributed by atoms with van der Waals surface area (Å²) in [6, 6.07) is 8.19. The number of anilines is 1. The molecule has 1 heterocycles. The number of hydrogen-bond donors (Lipinski definition) is 2. The number of carbonyl (C=O) groups is 2. The summed E-state index contributed by atoms with van der Waals surface area (Å²) in [5, 5.41) is 16.0. The van der Waals surface area contributed by atoms with E-state index in [9.17, 15) is 9.59 Å². The van der Waals surface area contributed by atoms with Crippen molar-refractivity contribution in [3.05, 3.63) is 47.7 Å². The molecule has 0 aliphatic heterocycles. The predicted molar refractivity (Wildman–Crippen MR) is 78.3 cm³/mol. The molecule has 2 aromatic rings. The summed E-state index contributed by atoms with van der Waals surface area (Å²) >= 11 is 0. The molecule has 0 aliphatic rings. The lowest BCUT2D eigenvalue weighted by atomic mass is 10.0. The van der Waals surface area contributed by atoms with Crippen LogP contribution in [-0.2, 0) is 17.8 Å². The summed E-state index contributed by atoms with van der Waals surface area (Å²) in [5.74, 6) is -0.850. The van der Waals surface area contributed by atoms with Crippen molar-refractivity contribution in [1.29, 1.82) is 0 Å². The molecule has 1 aromatic carbocycles. The summed E-state index contributed by atoms with van der Waals surface area (Å²) in [7, 11) is 0. The van der Waals surface area contributed by atoms with Gasteiger partial charge in [0.1, 0.15) is 0 Å². The molecule has 0 aliphatic carbocycles. The minimum atomic E-state index is -1.04. The number of carboxylic acid groups (broad SMARTS) is 1. The summed E-state index contributed by atoms with van der Waals surface area (Å²) in [4.78, 5) is 23.1. The van der Waals surface area contributed by atoms with Crippen molar-refractivity contribution in [2.24, 2.45) is 0 Å². The third kappa shape index (κ3) is 3.92. The van der Waals surface area contributed by atoms with Gasteiger partial charge in [-0.25, -0.2) is 4.79 Å². The number of amides is 1. The molecular formula is C15H17N3O3. The number of hydrogen-bond acceptors (Lipinski definition) is 3. The van der Waals surface area contributed by atoms with Crippen molar-refractivity contribution in [2.45, 2.75) is 26.3 Å². The van der Waals surface area contributed by atoms with Gasteiger partial charge in [0, 0.05) is 18.8 Å². The maximum atomic E-state index is 12.0. The summed E-state index contributed by atoms with van der Waals surface area (Å²) in [6.45, 7) is 2.83. The third-order valence-corrected chi connectivity index (χ3v) is 2.96. The smallest absolute Gasteiger partial charge is 0.335 e. The highest BCUT2D eigenvalue weighted by Crippen LogP contribution is 2.11. The molecule has 2 rings (SSSR count). The molecule has 21 heavy (non-hydrogen) atoms. The van der Waals surface area contributed by atoms with E-state index in [0.717, 1.165) is 13.0 Å². The molecule has 0 saturated heterocycles. The van der Waals surface area contributed by atoms with Crippen molar-refractivity contribution in [2.75, 3.05) is 5.32 Å². The molecular weight excluding hydrogens is 270 g/mol. The zero-order valence-corrected chi connectivity index (χ0v) is 11.7. The average Bonchev–Trinajstić information content (AvgIpc) is 2.86. The van der Waals surface area contributed by atoms with E-state index in [1.165, 1.54) is 6.07 Å². The Morgan fingerprint density at radius 3 is 2.76 bits per heavy atom. The van der Waals surface area contributed by atoms with Gasteiger partial charge < -0.3 is 10.4 Å². The first-order chi connectivity index (χ1) is 10.1. The van der Waals surface area contributed by atoms with Gasteiger partial charge in [-0.1, -0.05) is 25.1 Å². The summed E-state index contributed by atoms with van der Waals surface area (Å²) in [5.41, 5.74) is 0.625.